The molecule has 0 aliphatic heterocycles. The predicted molar refractivity (Wildman–Crippen MR) is 78.0 cm³/mol. The molecule has 8 heteroatoms. The van der Waals surface area contributed by atoms with Crippen molar-refractivity contribution in [1.82, 2.24) is 19.7 Å². The molecule has 2 aromatic heterocycles. The fraction of sp³-hybridized carbons (Fsp3) is 0.462. The van der Waals surface area contributed by atoms with Crippen LogP contribution in [0.4, 0.5) is 11.5 Å². The second-order valence-corrected chi connectivity index (χ2v) is 5.18. The highest BCUT2D eigenvalue weighted by atomic mass is 16.6. The third-order valence-electron chi connectivity index (χ3n) is 3.13. The molecule has 0 spiro atoms. The Labute approximate surface area is 122 Å². The van der Waals surface area contributed by atoms with E-state index >= 15 is 0 Å². The van der Waals surface area contributed by atoms with Gasteiger partial charge in [-0.05, 0) is 12.5 Å². The molecule has 0 unspecified atom stereocenters. The van der Waals surface area contributed by atoms with E-state index in [-0.39, 0.29) is 17.4 Å². The number of hydrogen-bond donors (Lipinski definition) is 1. The van der Waals surface area contributed by atoms with Crippen LogP contribution in [0.3, 0.4) is 0 Å². The van der Waals surface area contributed by atoms with Crippen molar-refractivity contribution in [3.8, 4) is 0 Å². The van der Waals surface area contributed by atoms with Crippen LogP contribution in [0.15, 0.2) is 12.3 Å². The molecular weight excluding hydrogens is 272 g/mol. The van der Waals surface area contributed by atoms with Crippen molar-refractivity contribution >= 4 is 11.5 Å². The third kappa shape index (κ3) is 3.15. The maximum Gasteiger partial charge on any atom is 0.311 e. The quantitative estimate of drug-likeness (QED) is 0.669. The molecule has 2 rings (SSSR count). The van der Waals surface area contributed by atoms with Gasteiger partial charge < -0.3 is 9.88 Å². The van der Waals surface area contributed by atoms with Gasteiger partial charge in [-0.2, -0.15) is 0 Å². The molecule has 1 N–H and O–H groups in total. The standard InChI is InChI=1S/C13H18N6O2/c1-8(2)13-17-16-11(18(13)4)7-15-12-10(19(20)21)5-9(3)6-14-12/h5-6,8H,7H2,1-4H3,(H,14,15). The zero-order valence-electron chi connectivity index (χ0n) is 12.5. The Kier molecular flexibility index (Phi) is 4.15. The molecule has 8 nitrogen and oxygen atoms in total. The molecule has 0 saturated carbocycles. The van der Waals surface area contributed by atoms with Crippen LogP contribution in [-0.2, 0) is 13.6 Å². The van der Waals surface area contributed by atoms with Crippen LogP contribution in [0.1, 0.15) is 37.0 Å². The van der Waals surface area contributed by atoms with Gasteiger partial charge in [-0.15, -0.1) is 10.2 Å². The van der Waals surface area contributed by atoms with E-state index in [1.54, 1.807) is 13.1 Å². The highest BCUT2D eigenvalue weighted by Crippen LogP contribution is 2.23. The molecule has 0 radical (unpaired) electrons. The summed E-state index contributed by atoms with van der Waals surface area (Å²) in [4.78, 5) is 14.7. The van der Waals surface area contributed by atoms with Crippen molar-refractivity contribution in [2.24, 2.45) is 7.05 Å². The van der Waals surface area contributed by atoms with Crippen molar-refractivity contribution in [1.29, 1.82) is 0 Å². The number of pyridine rings is 1. The summed E-state index contributed by atoms with van der Waals surface area (Å²) in [6, 6.07) is 1.49. The Bertz CT molecular complexity index is 665. The predicted octanol–water partition coefficient (Wildman–Crippen LogP) is 2.16. The van der Waals surface area contributed by atoms with Gasteiger partial charge in [0.25, 0.3) is 0 Å². The number of hydrogen-bond acceptors (Lipinski definition) is 6. The first-order chi connectivity index (χ1) is 9.90. The Balaban J connectivity index is 2.19. The first-order valence-electron chi connectivity index (χ1n) is 6.63. The van der Waals surface area contributed by atoms with E-state index in [4.69, 9.17) is 0 Å². The summed E-state index contributed by atoms with van der Waals surface area (Å²) in [6.45, 7) is 6.16. The number of aromatic nitrogens is 4. The van der Waals surface area contributed by atoms with E-state index < -0.39 is 4.92 Å². The molecule has 0 atom stereocenters. The van der Waals surface area contributed by atoms with Crippen LogP contribution in [0.25, 0.3) is 0 Å². The zero-order chi connectivity index (χ0) is 15.6. The van der Waals surface area contributed by atoms with Gasteiger partial charge in [0, 0.05) is 25.2 Å². The molecule has 21 heavy (non-hydrogen) atoms. The molecule has 0 fully saturated rings. The largest absolute Gasteiger partial charge is 0.357 e. The topological polar surface area (TPSA) is 98.8 Å². The molecule has 0 aromatic carbocycles. The number of aryl methyl sites for hydroxylation is 1. The van der Waals surface area contributed by atoms with Crippen molar-refractivity contribution in [3.63, 3.8) is 0 Å². The fourth-order valence-corrected chi connectivity index (χ4v) is 2.02. The molecule has 112 valence electrons. The normalized spacial score (nSPS) is 10.9. The summed E-state index contributed by atoms with van der Waals surface area (Å²) < 4.78 is 1.89. The lowest BCUT2D eigenvalue weighted by atomic mass is 10.2. The maximum absolute atomic E-state index is 11.0. The monoisotopic (exact) mass is 290 g/mol. The van der Waals surface area contributed by atoms with Gasteiger partial charge >= 0.3 is 5.69 Å². The number of nitro groups is 1. The van der Waals surface area contributed by atoms with E-state index in [9.17, 15) is 10.1 Å². The molecule has 0 bridgehead atoms. The van der Waals surface area contributed by atoms with E-state index in [1.807, 2.05) is 25.5 Å². The van der Waals surface area contributed by atoms with E-state index in [0.29, 0.717) is 12.4 Å². The van der Waals surface area contributed by atoms with Crippen LogP contribution in [0, 0.1) is 17.0 Å². The van der Waals surface area contributed by atoms with Crippen molar-refractivity contribution in [3.05, 3.63) is 39.6 Å². The fourth-order valence-electron chi connectivity index (χ4n) is 2.02. The number of nitrogens with zero attached hydrogens (tertiary/aromatic N) is 5. The summed E-state index contributed by atoms with van der Waals surface area (Å²) >= 11 is 0. The van der Waals surface area contributed by atoms with Crippen LogP contribution in [-0.4, -0.2) is 24.7 Å². The smallest absolute Gasteiger partial charge is 0.311 e. The Morgan fingerprint density at radius 3 is 2.71 bits per heavy atom. The molecule has 0 amide bonds. The molecule has 2 aromatic rings. The lowest BCUT2D eigenvalue weighted by molar-refractivity contribution is -0.384. The van der Waals surface area contributed by atoms with Crippen LogP contribution in [0.2, 0.25) is 0 Å². The summed E-state index contributed by atoms with van der Waals surface area (Å²) in [5, 5.41) is 22.2. The minimum absolute atomic E-state index is 0.0405. The first-order valence-corrected chi connectivity index (χ1v) is 6.63. The summed E-state index contributed by atoms with van der Waals surface area (Å²) in [7, 11) is 1.88. The lowest BCUT2D eigenvalue weighted by Gasteiger charge is -2.08. The Morgan fingerprint density at radius 2 is 2.14 bits per heavy atom. The second-order valence-electron chi connectivity index (χ2n) is 5.18. The van der Waals surface area contributed by atoms with Gasteiger partial charge in [-0.3, -0.25) is 10.1 Å². The van der Waals surface area contributed by atoms with Gasteiger partial charge in [-0.1, -0.05) is 13.8 Å². The van der Waals surface area contributed by atoms with E-state index in [2.05, 4.69) is 20.5 Å². The molecular formula is C13H18N6O2. The Hall–Kier alpha value is -2.51. The minimum Gasteiger partial charge on any atom is -0.357 e. The van der Waals surface area contributed by atoms with Crippen LogP contribution in [0.5, 0.6) is 0 Å². The summed E-state index contributed by atoms with van der Waals surface area (Å²) in [6.07, 6.45) is 1.59. The molecule has 0 saturated heterocycles. The SMILES string of the molecule is Cc1cnc(NCc2nnc(C(C)C)n2C)c([N+](=O)[O-])c1. The summed E-state index contributed by atoms with van der Waals surface area (Å²) in [5.41, 5.74) is 0.703. The first kappa shape index (κ1) is 14.9. The average molecular weight is 290 g/mol. The zero-order valence-corrected chi connectivity index (χ0v) is 12.5. The maximum atomic E-state index is 11.0. The van der Waals surface area contributed by atoms with E-state index in [0.717, 1.165) is 11.4 Å². The van der Waals surface area contributed by atoms with Gasteiger partial charge in [0.1, 0.15) is 5.82 Å². The van der Waals surface area contributed by atoms with Gasteiger partial charge in [0.15, 0.2) is 5.82 Å². The number of rotatable bonds is 5. The Morgan fingerprint density at radius 1 is 1.43 bits per heavy atom. The third-order valence-corrected chi connectivity index (χ3v) is 3.13. The highest BCUT2D eigenvalue weighted by Gasteiger charge is 2.17. The average Bonchev–Trinajstić information content (AvgIpc) is 2.78. The highest BCUT2D eigenvalue weighted by molar-refractivity contribution is 5.56. The van der Waals surface area contributed by atoms with E-state index in [1.165, 1.54) is 6.07 Å². The second kappa shape index (κ2) is 5.86. The van der Waals surface area contributed by atoms with Crippen LogP contribution < -0.4 is 5.32 Å². The van der Waals surface area contributed by atoms with Gasteiger partial charge in [0.05, 0.1) is 11.5 Å². The molecule has 0 aliphatic carbocycles. The number of nitrogens with one attached hydrogen (secondary N) is 1. The molecule has 2 heterocycles. The van der Waals surface area contributed by atoms with Gasteiger partial charge in [0.2, 0.25) is 5.82 Å². The van der Waals surface area contributed by atoms with Crippen LogP contribution >= 0.6 is 0 Å². The lowest BCUT2D eigenvalue weighted by Crippen LogP contribution is -2.10. The van der Waals surface area contributed by atoms with Crippen molar-refractivity contribution < 1.29 is 4.92 Å². The molecule has 0 aliphatic rings. The number of anilines is 1. The minimum atomic E-state index is -0.446. The van der Waals surface area contributed by atoms with Crippen molar-refractivity contribution in [2.45, 2.75) is 33.2 Å². The van der Waals surface area contributed by atoms with Gasteiger partial charge in [-0.25, -0.2) is 4.98 Å². The van der Waals surface area contributed by atoms with Crippen molar-refractivity contribution in [2.75, 3.05) is 5.32 Å². The summed E-state index contributed by atoms with van der Waals surface area (Å²) in [5.74, 6) is 2.08.